The molecular formula is C18H23N5O3S2. The highest BCUT2D eigenvalue weighted by molar-refractivity contribution is 7.88. The van der Waals surface area contributed by atoms with Crippen LogP contribution in [0, 0.1) is 13.8 Å². The van der Waals surface area contributed by atoms with E-state index in [1.165, 1.54) is 21.9 Å². The zero-order valence-corrected chi connectivity index (χ0v) is 17.6. The molecule has 0 amide bonds. The summed E-state index contributed by atoms with van der Waals surface area (Å²) in [6.07, 6.45) is 4.63. The van der Waals surface area contributed by atoms with Gasteiger partial charge in [0.2, 0.25) is 10.0 Å². The monoisotopic (exact) mass is 421 g/mol. The highest BCUT2D eigenvalue weighted by Crippen LogP contribution is 2.31. The number of nitrogens with one attached hydrogen (secondary N) is 1. The standard InChI is InChI=1S/C18H23N5O3S2/c1-11-8-12(2)16(14(24)9-11)23-10-15-17(21-23)20-18(27-15)19-13-4-6-22(7-5-13)28(3,25)26/h8-10,13,24H,4-7H2,1-3H3,(H,19,20,21). The van der Waals surface area contributed by atoms with Crippen molar-refractivity contribution < 1.29 is 13.5 Å². The van der Waals surface area contributed by atoms with Crippen LogP contribution in [-0.2, 0) is 10.0 Å². The molecule has 0 radical (unpaired) electrons. The summed E-state index contributed by atoms with van der Waals surface area (Å²) in [5, 5.41) is 19.0. The van der Waals surface area contributed by atoms with Crippen molar-refractivity contribution in [3.63, 3.8) is 0 Å². The smallest absolute Gasteiger partial charge is 0.211 e. The molecule has 1 aliphatic rings. The lowest BCUT2D eigenvalue weighted by Gasteiger charge is -2.30. The van der Waals surface area contributed by atoms with Gasteiger partial charge in [0.1, 0.15) is 11.4 Å². The van der Waals surface area contributed by atoms with Gasteiger partial charge in [-0.1, -0.05) is 17.4 Å². The van der Waals surface area contributed by atoms with Crippen molar-refractivity contribution in [3.8, 4) is 11.4 Å². The van der Waals surface area contributed by atoms with E-state index in [9.17, 15) is 13.5 Å². The molecule has 4 rings (SSSR count). The van der Waals surface area contributed by atoms with Gasteiger partial charge in [0.15, 0.2) is 10.8 Å². The minimum Gasteiger partial charge on any atom is -0.506 e. The Bertz CT molecular complexity index is 1070. The maximum atomic E-state index is 11.6. The first kappa shape index (κ1) is 19.2. The highest BCUT2D eigenvalue weighted by Gasteiger charge is 2.25. The van der Waals surface area contributed by atoms with Gasteiger partial charge in [-0.2, -0.15) is 4.98 Å². The van der Waals surface area contributed by atoms with Crippen LogP contribution in [0.4, 0.5) is 5.13 Å². The quantitative estimate of drug-likeness (QED) is 0.672. The molecule has 0 aliphatic carbocycles. The van der Waals surface area contributed by atoms with E-state index in [1.807, 2.05) is 26.1 Å². The van der Waals surface area contributed by atoms with Crippen LogP contribution in [0.25, 0.3) is 16.0 Å². The number of piperidine rings is 1. The van der Waals surface area contributed by atoms with Crippen molar-refractivity contribution >= 4 is 36.8 Å². The van der Waals surface area contributed by atoms with Crippen LogP contribution in [0.3, 0.4) is 0 Å². The number of rotatable bonds is 4. The number of aryl methyl sites for hydroxylation is 2. The molecule has 0 atom stereocenters. The average molecular weight is 422 g/mol. The molecule has 28 heavy (non-hydrogen) atoms. The number of anilines is 1. The van der Waals surface area contributed by atoms with Gasteiger partial charge in [-0.25, -0.2) is 17.4 Å². The molecule has 3 aromatic rings. The molecular weight excluding hydrogens is 398 g/mol. The molecule has 1 fully saturated rings. The third-order valence-electron chi connectivity index (χ3n) is 4.98. The number of aromatic hydroxyl groups is 1. The van der Waals surface area contributed by atoms with Gasteiger partial charge in [-0.3, -0.25) is 0 Å². The maximum absolute atomic E-state index is 11.6. The second-order valence-electron chi connectivity index (χ2n) is 7.31. The third kappa shape index (κ3) is 3.71. The lowest BCUT2D eigenvalue weighted by Crippen LogP contribution is -2.41. The van der Waals surface area contributed by atoms with Crippen LogP contribution in [0.5, 0.6) is 5.75 Å². The second kappa shape index (κ2) is 7.02. The Kier molecular flexibility index (Phi) is 4.80. The summed E-state index contributed by atoms with van der Waals surface area (Å²) in [5.74, 6) is 0.198. The Labute approximate surface area is 167 Å². The molecule has 1 saturated heterocycles. The first-order valence-electron chi connectivity index (χ1n) is 9.09. The fraction of sp³-hybridized carbons (Fsp3) is 0.444. The van der Waals surface area contributed by atoms with Crippen molar-refractivity contribution in [2.45, 2.75) is 32.7 Å². The van der Waals surface area contributed by atoms with Gasteiger partial charge in [0, 0.05) is 19.1 Å². The van der Waals surface area contributed by atoms with Crippen molar-refractivity contribution in [1.82, 2.24) is 19.1 Å². The Morgan fingerprint density at radius 1 is 1.25 bits per heavy atom. The Morgan fingerprint density at radius 2 is 1.96 bits per heavy atom. The lowest BCUT2D eigenvalue weighted by molar-refractivity contribution is 0.332. The fourth-order valence-corrected chi connectivity index (χ4v) is 5.41. The van der Waals surface area contributed by atoms with Crippen LogP contribution in [0.2, 0.25) is 0 Å². The number of fused-ring (bicyclic) bond motifs is 1. The maximum Gasteiger partial charge on any atom is 0.211 e. The Hall–Kier alpha value is -2.17. The molecule has 1 aromatic carbocycles. The fourth-order valence-electron chi connectivity index (χ4n) is 3.64. The first-order chi connectivity index (χ1) is 13.2. The minimum absolute atomic E-state index is 0.198. The average Bonchev–Trinajstić information content (AvgIpc) is 3.11. The summed E-state index contributed by atoms with van der Waals surface area (Å²) >= 11 is 1.51. The molecule has 150 valence electrons. The summed E-state index contributed by atoms with van der Waals surface area (Å²) in [4.78, 5) is 4.56. The number of thiazole rings is 1. The Morgan fingerprint density at radius 3 is 2.57 bits per heavy atom. The number of phenolic OH excluding ortho intramolecular Hbond substituents is 1. The van der Waals surface area contributed by atoms with E-state index >= 15 is 0 Å². The minimum atomic E-state index is -3.12. The highest BCUT2D eigenvalue weighted by atomic mass is 32.2. The van der Waals surface area contributed by atoms with E-state index in [0.29, 0.717) is 24.4 Å². The summed E-state index contributed by atoms with van der Waals surface area (Å²) in [6, 6.07) is 3.93. The van der Waals surface area contributed by atoms with E-state index in [1.54, 1.807) is 10.7 Å². The molecule has 1 aliphatic heterocycles. The van der Waals surface area contributed by atoms with E-state index in [0.717, 1.165) is 33.8 Å². The predicted molar refractivity (Wildman–Crippen MR) is 111 cm³/mol. The summed E-state index contributed by atoms with van der Waals surface area (Å²) in [6.45, 7) is 4.94. The molecule has 0 bridgehead atoms. The van der Waals surface area contributed by atoms with Crippen molar-refractivity contribution in [1.29, 1.82) is 0 Å². The zero-order valence-electron chi connectivity index (χ0n) is 16.0. The third-order valence-corrected chi connectivity index (χ3v) is 7.19. The lowest BCUT2D eigenvalue weighted by atomic mass is 10.1. The number of hydrogen-bond acceptors (Lipinski definition) is 7. The number of phenols is 1. The topological polar surface area (TPSA) is 100 Å². The van der Waals surface area contributed by atoms with Crippen LogP contribution in [0.15, 0.2) is 18.3 Å². The zero-order chi connectivity index (χ0) is 20.1. The number of benzene rings is 1. The summed E-state index contributed by atoms with van der Waals surface area (Å²) in [7, 11) is -3.12. The van der Waals surface area contributed by atoms with Gasteiger partial charge in [-0.15, -0.1) is 5.10 Å². The molecule has 3 heterocycles. The van der Waals surface area contributed by atoms with Gasteiger partial charge < -0.3 is 10.4 Å². The largest absolute Gasteiger partial charge is 0.506 e. The van der Waals surface area contributed by atoms with Crippen molar-refractivity contribution in [2.24, 2.45) is 0 Å². The molecule has 0 spiro atoms. The SMILES string of the molecule is Cc1cc(C)c(-n2cc3sc(NC4CCN(S(C)(=O)=O)CC4)nc3n2)c(O)c1. The van der Waals surface area contributed by atoms with Crippen LogP contribution in [0.1, 0.15) is 24.0 Å². The van der Waals surface area contributed by atoms with Crippen LogP contribution < -0.4 is 5.32 Å². The number of sulfonamides is 1. The van der Waals surface area contributed by atoms with Gasteiger partial charge >= 0.3 is 0 Å². The second-order valence-corrected chi connectivity index (χ2v) is 10.3. The van der Waals surface area contributed by atoms with Crippen LogP contribution in [-0.4, -0.2) is 58.0 Å². The van der Waals surface area contributed by atoms with E-state index in [4.69, 9.17) is 0 Å². The Balaban J connectivity index is 1.50. The number of nitrogens with zero attached hydrogens (tertiary/aromatic N) is 4. The van der Waals surface area contributed by atoms with E-state index in [2.05, 4.69) is 15.4 Å². The van der Waals surface area contributed by atoms with E-state index < -0.39 is 10.0 Å². The van der Waals surface area contributed by atoms with Crippen molar-refractivity contribution in [3.05, 3.63) is 29.5 Å². The molecule has 0 saturated carbocycles. The molecule has 2 N–H and O–H groups in total. The number of hydrogen-bond donors (Lipinski definition) is 2. The van der Waals surface area contributed by atoms with Gasteiger partial charge in [-0.05, 0) is 43.9 Å². The van der Waals surface area contributed by atoms with Crippen molar-refractivity contribution in [2.75, 3.05) is 24.7 Å². The van der Waals surface area contributed by atoms with E-state index in [-0.39, 0.29) is 11.8 Å². The molecule has 8 nitrogen and oxygen atoms in total. The number of aromatic nitrogens is 3. The molecule has 2 aromatic heterocycles. The first-order valence-corrected chi connectivity index (χ1v) is 11.8. The van der Waals surface area contributed by atoms with Gasteiger partial charge in [0.25, 0.3) is 0 Å². The molecule has 0 unspecified atom stereocenters. The predicted octanol–water partition coefficient (Wildman–Crippen LogP) is 2.64. The molecule has 10 heteroatoms. The summed E-state index contributed by atoms with van der Waals surface area (Å²) in [5.41, 5.74) is 3.24. The summed E-state index contributed by atoms with van der Waals surface area (Å²) < 4.78 is 27.4. The normalized spacial score (nSPS) is 16.7. The van der Waals surface area contributed by atoms with Crippen LogP contribution >= 0.6 is 11.3 Å². The van der Waals surface area contributed by atoms with Gasteiger partial charge in [0.05, 0.1) is 17.2 Å².